The van der Waals surface area contributed by atoms with E-state index in [2.05, 4.69) is 5.32 Å². The zero-order valence-corrected chi connectivity index (χ0v) is 10.2. The molecule has 2 atom stereocenters. The number of rotatable bonds is 3. The number of aliphatic carboxylic acids is 1. The molecule has 2 fully saturated rings. The number of hydrogen-bond donors (Lipinski definition) is 2. The van der Waals surface area contributed by atoms with Crippen LogP contribution in [0.1, 0.15) is 51.4 Å². The van der Waals surface area contributed by atoms with Gasteiger partial charge in [-0.3, -0.25) is 9.59 Å². The van der Waals surface area contributed by atoms with Crippen LogP contribution in [-0.4, -0.2) is 23.0 Å². The summed E-state index contributed by atoms with van der Waals surface area (Å²) >= 11 is 0. The number of hydrogen-bond acceptors (Lipinski definition) is 2. The maximum Gasteiger partial charge on any atom is 0.308 e. The van der Waals surface area contributed by atoms with Crippen molar-refractivity contribution in [1.82, 2.24) is 5.32 Å². The van der Waals surface area contributed by atoms with Crippen LogP contribution in [0, 0.1) is 11.8 Å². The van der Waals surface area contributed by atoms with Crippen LogP contribution < -0.4 is 5.32 Å². The van der Waals surface area contributed by atoms with Gasteiger partial charge in [0.1, 0.15) is 0 Å². The number of nitrogens with one attached hydrogen (secondary N) is 1. The third-order valence-electron chi connectivity index (χ3n) is 4.14. The quantitative estimate of drug-likeness (QED) is 0.740. The maximum absolute atomic E-state index is 11.9. The van der Waals surface area contributed by atoms with Crippen LogP contribution in [0.4, 0.5) is 0 Å². The summed E-state index contributed by atoms with van der Waals surface area (Å²) < 4.78 is 0. The highest BCUT2D eigenvalue weighted by Crippen LogP contribution is 2.28. The van der Waals surface area contributed by atoms with Crippen LogP contribution in [0.3, 0.4) is 0 Å². The molecule has 0 spiro atoms. The van der Waals surface area contributed by atoms with E-state index in [4.69, 9.17) is 0 Å². The molecule has 2 unspecified atom stereocenters. The van der Waals surface area contributed by atoms with Crippen molar-refractivity contribution in [2.75, 3.05) is 0 Å². The molecule has 2 N–H and O–H groups in total. The monoisotopic (exact) mass is 239 g/mol. The zero-order chi connectivity index (χ0) is 12.3. The van der Waals surface area contributed by atoms with E-state index < -0.39 is 5.97 Å². The highest BCUT2D eigenvalue weighted by atomic mass is 16.4. The van der Waals surface area contributed by atoms with Gasteiger partial charge in [0, 0.05) is 12.0 Å². The standard InChI is InChI=1S/C13H21NO3/c15-12(9-5-4-6-9)14-11-8-3-1-2-7-10(11)13(16)17/h9-11H,1-8H2,(H,14,15)(H,16,17). The minimum atomic E-state index is -0.759. The van der Waals surface area contributed by atoms with Gasteiger partial charge in [-0.15, -0.1) is 0 Å². The average Bonchev–Trinajstić information content (AvgIpc) is 2.40. The average molecular weight is 239 g/mol. The molecule has 4 heteroatoms. The molecule has 0 aromatic rings. The smallest absolute Gasteiger partial charge is 0.308 e. The molecule has 0 bridgehead atoms. The SMILES string of the molecule is O=C(NC1CCCCCC1C(=O)O)C1CCC1. The Hall–Kier alpha value is -1.06. The number of carboxylic acid groups (broad SMARTS) is 1. The topological polar surface area (TPSA) is 66.4 Å². The van der Waals surface area contributed by atoms with E-state index in [1.165, 1.54) is 0 Å². The third-order valence-corrected chi connectivity index (χ3v) is 4.14. The predicted octanol–water partition coefficient (Wildman–Crippen LogP) is 1.94. The molecule has 2 aliphatic rings. The fraction of sp³-hybridized carbons (Fsp3) is 0.846. The fourth-order valence-electron chi connectivity index (χ4n) is 2.75. The lowest BCUT2D eigenvalue weighted by Gasteiger charge is -2.29. The van der Waals surface area contributed by atoms with Crippen LogP contribution in [0.15, 0.2) is 0 Å². The van der Waals surface area contributed by atoms with E-state index >= 15 is 0 Å². The first-order valence-electron chi connectivity index (χ1n) is 6.71. The Balaban J connectivity index is 1.94. The van der Waals surface area contributed by atoms with Crippen molar-refractivity contribution in [3.05, 3.63) is 0 Å². The Labute approximate surface area is 102 Å². The normalized spacial score (nSPS) is 30.1. The van der Waals surface area contributed by atoms with E-state index in [9.17, 15) is 14.7 Å². The zero-order valence-electron chi connectivity index (χ0n) is 10.2. The van der Waals surface area contributed by atoms with Gasteiger partial charge >= 0.3 is 5.97 Å². The van der Waals surface area contributed by atoms with Crippen molar-refractivity contribution in [2.24, 2.45) is 11.8 Å². The van der Waals surface area contributed by atoms with E-state index in [0.717, 1.165) is 44.9 Å². The number of amides is 1. The molecule has 4 nitrogen and oxygen atoms in total. The van der Waals surface area contributed by atoms with Gasteiger partial charge < -0.3 is 10.4 Å². The lowest BCUT2D eigenvalue weighted by molar-refractivity contribution is -0.143. The van der Waals surface area contributed by atoms with Crippen LogP contribution in [0.5, 0.6) is 0 Å². The van der Waals surface area contributed by atoms with E-state index in [0.29, 0.717) is 6.42 Å². The van der Waals surface area contributed by atoms with Gasteiger partial charge in [0.2, 0.25) is 5.91 Å². The molecule has 2 saturated carbocycles. The molecule has 17 heavy (non-hydrogen) atoms. The van der Waals surface area contributed by atoms with E-state index in [-0.39, 0.29) is 23.8 Å². The van der Waals surface area contributed by atoms with Gasteiger partial charge in [-0.25, -0.2) is 0 Å². The second kappa shape index (κ2) is 5.52. The predicted molar refractivity (Wildman–Crippen MR) is 63.5 cm³/mol. The summed E-state index contributed by atoms with van der Waals surface area (Å²) in [6.45, 7) is 0. The largest absolute Gasteiger partial charge is 0.481 e. The minimum absolute atomic E-state index is 0.0781. The summed E-state index contributed by atoms with van der Waals surface area (Å²) in [5, 5.41) is 12.2. The van der Waals surface area contributed by atoms with Gasteiger partial charge in [0.25, 0.3) is 0 Å². The lowest BCUT2D eigenvalue weighted by Crippen LogP contribution is -2.46. The Morgan fingerprint density at radius 2 is 1.65 bits per heavy atom. The highest BCUT2D eigenvalue weighted by Gasteiger charge is 2.33. The molecule has 0 radical (unpaired) electrons. The summed E-state index contributed by atoms with van der Waals surface area (Å²) in [5.74, 6) is -0.922. The summed E-state index contributed by atoms with van der Waals surface area (Å²) in [4.78, 5) is 23.1. The Kier molecular flexibility index (Phi) is 4.02. The summed E-state index contributed by atoms with van der Waals surface area (Å²) in [6.07, 6.45) is 7.66. The molecule has 0 saturated heterocycles. The van der Waals surface area contributed by atoms with E-state index in [1.807, 2.05) is 0 Å². The van der Waals surface area contributed by atoms with Crippen LogP contribution >= 0.6 is 0 Å². The molecular formula is C13H21NO3. The van der Waals surface area contributed by atoms with Crippen LogP contribution in [-0.2, 0) is 9.59 Å². The molecule has 0 aromatic carbocycles. The lowest BCUT2D eigenvalue weighted by atomic mass is 9.84. The fourth-order valence-corrected chi connectivity index (χ4v) is 2.75. The van der Waals surface area contributed by atoms with Gasteiger partial charge in [0.05, 0.1) is 5.92 Å². The van der Waals surface area contributed by atoms with Gasteiger partial charge in [-0.05, 0) is 25.7 Å². The molecule has 2 rings (SSSR count). The first kappa shape index (κ1) is 12.4. The summed E-state index contributed by atoms with van der Waals surface area (Å²) in [6, 6.07) is -0.150. The molecule has 1 amide bonds. The van der Waals surface area contributed by atoms with Gasteiger partial charge in [0.15, 0.2) is 0 Å². The molecule has 2 aliphatic carbocycles. The van der Waals surface area contributed by atoms with Crippen molar-refractivity contribution in [2.45, 2.75) is 57.4 Å². The summed E-state index contributed by atoms with van der Waals surface area (Å²) in [5.41, 5.74) is 0. The highest BCUT2D eigenvalue weighted by molar-refractivity contribution is 5.80. The number of carboxylic acids is 1. The Morgan fingerprint density at radius 1 is 0.941 bits per heavy atom. The number of carbonyl (C=O) groups excluding carboxylic acids is 1. The summed E-state index contributed by atoms with van der Waals surface area (Å²) in [7, 11) is 0. The third kappa shape index (κ3) is 2.99. The second-order valence-electron chi connectivity index (χ2n) is 5.33. The van der Waals surface area contributed by atoms with E-state index in [1.54, 1.807) is 0 Å². The maximum atomic E-state index is 11.9. The molecular weight excluding hydrogens is 218 g/mol. The van der Waals surface area contributed by atoms with Gasteiger partial charge in [-0.1, -0.05) is 25.7 Å². The van der Waals surface area contributed by atoms with Crippen molar-refractivity contribution in [1.29, 1.82) is 0 Å². The van der Waals surface area contributed by atoms with Crippen molar-refractivity contribution >= 4 is 11.9 Å². The molecule has 0 aliphatic heterocycles. The first-order valence-corrected chi connectivity index (χ1v) is 6.71. The molecule has 0 aromatic heterocycles. The van der Waals surface area contributed by atoms with Gasteiger partial charge in [-0.2, -0.15) is 0 Å². The van der Waals surface area contributed by atoms with Crippen molar-refractivity contribution < 1.29 is 14.7 Å². The van der Waals surface area contributed by atoms with Crippen molar-refractivity contribution in [3.63, 3.8) is 0 Å². The Morgan fingerprint density at radius 3 is 2.24 bits per heavy atom. The molecule has 0 heterocycles. The van der Waals surface area contributed by atoms with Crippen LogP contribution in [0.2, 0.25) is 0 Å². The Bertz CT molecular complexity index is 299. The van der Waals surface area contributed by atoms with Crippen LogP contribution in [0.25, 0.3) is 0 Å². The first-order chi connectivity index (χ1) is 8.18. The van der Waals surface area contributed by atoms with Crippen molar-refractivity contribution in [3.8, 4) is 0 Å². The number of carbonyl (C=O) groups is 2. The molecule has 96 valence electrons. The minimum Gasteiger partial charge on any atom is -0.481 e. The second-order valence-corrected chi connectivity index (χ2v) is 5.33.